The van der Waals surface area contributed by atoms with E-state index in [0.717, 1.165) is 17.4 Å². The quantitative estimate of drug-likeness (QED) is 0.246. The maximum absolute atomic E-state index is 14.0. The van der Waals surface area contributed by atoms with Crippen molar-refractivity contribution >= 4 is 57.8 Å². The summed E-state index contributed by atoms with van der Waals surface area (Å²) in [5.74, 6) is -2.46. The van der Waals surface area contributed by atoms with Crippen molar-refractivity contribution in [3.63, 3.8) is 0 Å². The van der Waals surface area contributed by atoms with Gasteiger partial charge in [0.2, 0.25) is 0 Å². The van der Waals surface area contributed by atoms with Gasteiger partial charge in [0.25, 0.3) is 11.8 Å². The van der Waals surface area contributed by atoms with Crippen molar-refractivity contribution < 1.29 is 23.9 Å². The molecule has 0 bridgehead atoms. The van der Waals surface area contributed by atoms with Crippen molar-refractivity contribution in [2.75, 3.05) is 11.4 Å². The lowest BCUT2D eigenvalue weighted by Crippen LogP contribution is -2.29. The molecule has 11 heteroatoms. The average molecular weight is 559 g/mol. The minimum Gasteiger partial charge on any atom is -0.480 e. The fourth-order valence-corrected chi connectivity index (χ4v) is 5.21. The molecule has 2 amide bonds. The topological polar surface area (TPSA) is 105 Å². The molecule has 2 heterocycles. The molecule has 1 aliphatic heterocycles. The van der Waals surface area contributed by atoms with Crippen LogP contribution in [0.2, 0.25) is 0 Å². The van der Waals surface area contributed by atoms with Gasteiger partial charge in [0, 0.05) is 22.9 Å². The number of carbonyl (C=O) groups excluding carboxylic acids is 2. The smallest absolute Gasteiger partial charge is 0.322 e. The van der Waals surface area contributed by atoms with Crippen LogP contribution in [0.25, 0.3) is 23.0 Å². The first kappa shape index (κ1) is 26.0. The van der Waals surface area contributed by atoms with Gasteiger partial charge >= 0.3 is 5.97 Å². The van der Waals surface area contributed by atoms with Crippen LogP contribution < -0.4 is 10.2 Å². The van der Waals surface area contributed by atoms with Crippen molar-refractivity contribution in [1.82, 2.24) is 15.1 Å². The standard InChI is InChI=1S/C28H19FN4O4S2/c29-20-6-4-5-18(13-20)25-19(16-32(31-25)21-7-2-1-3-8-21)14-23-27(37)33(28(38)39-23)22-11-9-17(10-12-22)26(36)30-15-24(34)35/h1-14,16H,15H2,(H,30,36)(H,34,35)/b23-14-. The van der Waals surface area contributed by atoms with Crippen molar-refractivity contribution in [2.24, 2.45) is 0 Å². The number of para-hydroxylation sites is 1. The highest BCUT2D eigenvalue weighted by Crippen LogP contribution is 2.37. The molecule has 8 nitrogen and oxygen atoms in total. The molecular weight excluding hydrogens is 539 g/mol. The summed E-state index contributed by atoms with van der Waals surface area (Å²) in [6.45, 7) is -0.501. The molecule has 0 aliphatic carbocycles. The van der Waals surface area contributed by atoms with Gasteiger partial charge in [0.15, 0.2) is 4.32 Å². The summed E-state index contributed by atoms with van der Waals surface area (Å²) in [4.78, 5) is 37.9. The molecule has 39 heavy (non-hydrogen) atoms. The second-order valence-corrected chi connectivity index (χ2v) is 10.0. The maximum Gasteiger partial charge on any atom is 0.322 e. The zero-order valence-corrected chi connectivity index (χ0v) is 21.7. The summed E-state index contributed by atoms with van der Waals surface area (Å²) in [6.07, 6.45) is 3.45. The minimum atomic E-state index is -1.15. The summed E-state index contributed by atoms with van der Waals surface area (Å²) >= 11 is 6.60. The molecule has 1 aromatic heterocycles. The summed E-state index contributed by atoms with van der Waals surface area (Å²) < 4.78 is 16.0. The fourth-order valence-electron chi connectivity index (χ4n) is 3.92. The zero-order chi connectivity index (χ0) is 27.5. The molecule has 5 rings (SSSR count). The number of carboxylic acids is 1. The second-order valence-electron chi connectivity index (χ2n) is 8.36. The molecule has 2 N–H and O–H groups in total. The van der Waals surface area contributed by atoms with Gasteiger partial charge in [0.05, 0.1) is 16.3 Å². The van der Waals surface area contributed by atoms with Gasteiger partial charge in [-0.05, 0) is 54.6 Å². The van der Waals surface area contributed by atoms with Gasteiger partial charge in [-0.1, -0.05) is 54.3 Å². The number of rotatable bonds is 7. The molecule has 3 aromatic carbocycles. The number of halogens is 1. The number of hydrogen-bond acceptors (Lipinski definition) is 6. The number of aliphatic carboxylic acids is 1. The first-order valence-corrected chi connectivity index (χ1v) is 12.8. The molecular formula is C28H19FN4O4S2. The Morgan fingerprint density at radius 2 is 1.77 bits per heavy atom. The SMILES string of the molecule is O=C(O)CNC(=O)c1ccc(N2C(=O)/C(=C/c3cn(-c4ccccc4)nc3-c3cccc(F)c3)SC2=S)cc1. The number of thiocarbonyl (C=S) groups is 1. The molecule has 0 atom stereocenters. The average Bonchev–Trinajstić information content (AvgIpc) is 3.48. The largest absolute Gasteiger partial charge is 0.480 e. The Hall–Kier alpha value is -4.61. The number of carbonyl (C=O) groups is 3. The van der Waals surface area contributed by atoms with Crippen LogP contribution in [0.5, 0.6) is 0 Å². The van der Waals surface area contributed by atoms with Gasteiger partial charge in [-0.3, -0.25) is 19.3 Å². The second kappa shape index (κ2) is 11.0. The summed E-state index contributed by atoms with van der Waals surface area (Å²) in [5, 5.41) is 15.7. The van der Waals surface area contributed by atoms with Crippen LogP contribution in [-0.4, -0.2) is 43.5 Å². The number of benzene rings is 3. The molecule has 1 saturated heterocycles. The highest BCUT2D eigenvalue weighted by molar-refractivity contribution is 8.27. The lowest BCUT2D eigenvalue weighted by atomic mass is 10.1. The van der Waals surface area contributed by atoms with Crippen molar-refractivity contribution in [3.8, 4) is 16.9 Å². The molecule has 194 valence electrons. The third-order valence-electron chi connectivity index (χ3n) is 5.73. The van der Waals surface area contributed by atoms with E-state index in [1.54, 1.807) is 41.2 Å². The van der Waals surface area contributed by atoms with E-state index in [1.807, 2.05) is 30.3 Å². The molecule has 0 radical (unpaired) electrons. The predicted octanol–water partition coefficient (Wildman–Crippen LogP) is 4.90. The van der Waals surface area contributed by atoms with Crippen LogP contribution in [0.4, 0.5) is 10.1 Å². The van der Waals surface area contributed by atoms with E-state index < -0.39 is 24.2 Å². The van der Waals surface area contributed by atoms with Crippen molar-refractivity contribution in [1.29, 1.82) is 0 Å². The molecule has 0 unspecified atom stereocenters. The van der Waals surface area contributed by atoms with E-state index >= 15 is 0 Å². The lowest BCUT2D eigenvalue weighted by Gasteiger charge is -2.15. The summed E-state index contributed by atoms with van der Waals surface area (Å²) in [5.41, 5.74) is 3.17. The van der Waals surface area contributed by atoms with Gasteiger partial charge in [0.1, 0.15) is 18.1 Å². The van der Waals surface area contributed by atoms with Crippen molar-refractivity contribution in [2.45, 2.75) is 0 Å². The highest BCUT2D eigenvalue weighted by Gasteiger charge is 2.34. The van der Waals surface area contributed by atoms with E-state index in [2.05, 4.69) is 10.4 Å². The number of hydrogen-bond donors (Lipinski definition) is 2. The van der Waals surface area contributed by atoms with Crippen LogP contribution in [0.1, 0.15) is 15.9 Å². The van der Waals surface area contributed by atoms with Gasteiger partial charge in [-0.15, -0.1) is 0 Å². The number of nitrogens with one attached hydrogen (secondary N) is 1. The molecule has 4 aromatic rings. The van der Waals surface area contributed by atoms with Crippen LogP contribution in [0, 0.1) is 5.82 Å². The van der Waals surface area contributed by atoms with E-state index in [0.29, 0.717) is 31.7 Å². The predicted molar refractivity (Wildman–Crippen MR) is 151 cm³/mol. The summed E-state index contributed by atoms with van der Waals surface area (Å²) in [6, 6.07) is 21.6. The van der Waals surface area contributed by atoms with Crippen LogP contribution in [0.15, 0.2) is 90.0 Å². The molecule has 0 spiro atoms. The Morgan fingerprint density at radius 1 is 1.03 bits per heavy atom. The van der Waals surface area contributed by atoms with Gasteiger partial charge < -0.3 is 10.4 Å². The fraction of sp³-hybridized carbons (Fsp3) is 0.0357. The monoisotopic (exact) mass is 558 g/mol. The number of nitrogens with zero attached hydrogens (tertiary/aromatic N) is 3. The first-order chi connectivity index (χ1) is 18.8. The molecule has 0 saturated carbocycles. The van der Waals surface area contributed by atoms with E-state index in [9.17, 15) is 18.8 Å². The first-order valence-electron chi connectivity index (χ1n) is 11.6. The van der Waals surface area contributed by atoms with Gasteiger partial charge in [-0.25, -0.2) is 9.07 Å². The number of anilines is 1. The number of aromatic nitrogens is 2. The molecule has 1 fully saturated rings. The minimum absolute atomic E-state index is 0.244. The third-order valence-corrected chi connectivity index (χ3v) is 7.03. The third kappa shape index (κ3) is 5.64. The number of carboxylic acid groups (broad SMARTS) is 1. The highest BCUT2D eigenvalue weighted by atomic mass is 32.2. The Balaban J connectivity index is 1.46. The maximum atomic E-state index is 14.0. The number of amides is 2. The Kier molecular flexibility index (Phi) is 7.35. The number of thioether (sulfide) groups is 1. The normalized spacial score (nSPS) is 14.2. The zero-order valence-electron chi connectivity index (χ0n) is 20.1. The van der Waals surface area contributed by atoms with Crippen LogP contribution >= 0.6 is 24.0 Å². The van der Waals surface area contributed by atoms with Crippen LogP contribution in [0.3, 0.4) is 0 Å². The van der Waals surface area contributed by atoms with E-state index in [-0.39, 0.29) is 11.5 Å². The molecule has 1 aliphatic rings. The van der Waals surface area contributed by atoms with E-state index in [1.165, 1.54) is 29.2 Å². The Morgan fingerprint density at radius 3 is 2.46 bits per heavy atom. The van der Waals surface area contributed by atoms with Crippen molar-refractivity contribution in [3.05, 3.63) is 107 Å². The van der Waals surface area contributed by atoms with E-state index in [4.69, 9.17) is 17.3 Å². The Bertz CT molecular complexity index is 1640. The lowest BCUT2D eigenvalue weighted by molar-refractivity contribution is -0.135. The Labute approximate surface area is 231 Å². The van der Waals surface area contributed by atoms with Crippen LogP contribution in [-0.2, 0) is 9.59 Å². The summed E-state index contributed by atoms with van der Waals surface area (Å²) in [7, 11) is 0. The van der Waals surface area contributed by atoms with Gasteiger partial charge in [-0.2, -0.15) is 5.10 Å².